The molecule has 0 aromatic heterocycles. The van der Waals surface area contributed by atoms with Gasteiger partial charge in [-0.15, -0.1) is 0 Å². The zero-order valence-electron chi connectivity index (χ0n) is 10.5. The number of hydrogen-bond acceptors (Lipinski definition) is 2. The number of carbonyl (C=O) groups is 1. The van der Waals surface area contributed by atoms with E-state index < -0.39 is 5.97 Å². The molecular weight excluding hydrogens is 240 g/mol. The van der Waals surface area contributed by atoms with Crippen LogP contribution >= 0.6 is 0 Å². The molecule has 0 aliphatic heterocycles. The standard InChI is InChI=1S/C16H14O3/c1-19-15-4-2-3-13(11-15)6-5-12-7-9-14(10-8-12)16(17)18/h2-11H,1H3,(H,17,18). The maximum absolute atomic E-state index is 10.7. The number of hydrogen-bond donors (Lipinski definition) is 1. The van der Waals surface area contributed by atoms with Crippen LogP contribution in [0.25, 0.3) is 12.2 Å². The van der Waals surface area contributed by atoms with Gasteiger partial charge in [-0.1, -0.05) is 36.4 Å². The van der Waals surface area contributed by atoms with Crippen molar-refractivity contribution < 1.29 is 14.6 Å². The molecule has 3 heteroatoms. The molecule has 0 bridgehead atoms. The fourth-order valence-electron chi connectivity index (χ4n) is 1.67. The van der Waals surface area contributed by atoms with Crippen LogP contribution in [0.4, 0.5) is 0 Å². The Bertz CT molecular complexity index is 598. The zero-order chi connectivity index (χ0) is 13.7. The zero-order valence-corrected chi connectivity index (χ0v) is 10.5. The van der Waals surface area contributed by atoms with E-state index in [1.54, 1.807) is 31.4 Å². The molecule has 3 nitrogen and oxygen atoms in total. The summed E-state index contributed by atoms with van der Waals surface area (Å²) in [6.45, 7) is 0. The van der Waals surface area contributed by atoms with Crippen LogP contribution in [0.15, 0.2) is 48.5 Å². The van der Waals surface area contributed by atoms with Crippen molar-refractivity contribution in [3.05, 3.63) is 65.2 Å². The van der Waals surface area contributed by atoms with Gasteiger partial charge >= 0.3 is 5.97 Å². The molecule has 2 aromatic carbocycles. The first-order chi connectivity index (χ1) is 9.19. The highest BCUT2D eigenvalue weighted by Crippen LogP contribution is 2.15. The summed E-state index contributed by atoms with van der Waals surface area (Å²) in [5.41, 5.74) is 2.27. The summed E-state index contributed by atoms with van der Waals surface area (Å²) in [5.74, 6) is -0.105. The van der Waals surface area contributed by atoms with Crippen molar-refractivity contribution in [3.8, 4) is 5.75 Å². The van der Waals surface area contributed by atoms with Gasteiger partial charge in [-0.3, -0.25) is 0 Å². The second kappa shape index (κ2) is 5.87. The molecule has 0 saturated heterocycles. The second-order valence-electron chi connectivity index (χ2n) is 4.04. The van der Waals surface area contributed by atoms with E-state index in [0.717, 1.165) is 16.9 Å². The lowest BCUT2D eigenvalue weighted by Crippen LogP contribution is -1.94. The van der Waals surface area contributed by atoms with Crippen LogP contribution < -0.4 is 4.74 Å². The average molecular weight is 254 g/mol. The number of benzene rings is 2. The lowest BCUT2D eigenvalue weighted by Gasteiger charge is -2.00. The van der Waals surface area contributed by atoms with Gasteiger partial charge in [0.05, 0.1) is 12.7 Å². The van der Waals surface area contributed by atoms with Gasteiger partial charge in [-0.2, -0.15) is 0 Å². The largest absolute Gasteiger partial charge is 0.497 e. The van der Waals surface area contributed by atoms with E-state index in [-0.39, 0.29) is 0 Å². The predicted molar refractivity (Wildman–Crippen MR) is 75.3 cm³/mol. The predicted octanol–water partition coefficient (Wildman–Crippen LogP) is 3.56. The molecule has 0 spiro atoms. The van der Waals surface area contributed by atoms with Crippen molar-refractivity contribution in [2.75, 3.05) is 7.11 Å². The molecular formula is C16H14O3. The molecule has 2 rings (SSSR count). The molecule has 0 unspecified atom stereocenters. The maximum atomic E-state index is 10.7. The van der Waals surface area contributed by atoms with Crippen LogP contribution in [0, 0.1) is 0 Å². The van der Waals surface area contributed by atoms with Crippen LogP contribution in [0.3, 0.4) is 0 Å². The molecule has 0 fully saturated rings. The van der Waals surface area contributed by atoms with Crippen molar-refractivity contribution in [2.45, 2.75) is 0 Å². The van der Waals surface area contributed by atoms with Gasteiger partial charge < -0.3 is 9.84 Å². The van der Waals surface area contributed by atoms with Gasteiger partial charge in [0.25, 0.3) is 0 Å². The SMILES string of the molecule is COc1cccc(C=Cc2ccc(C(=O)O)cc2)c1. The summed E-state index contributed by atoms with van der Waals surface area (Å²) in [6, 6.07) is 14.5. The molecule has 96 valence electrons. The van der Waals surface area contributed by atoms with E-state index in [2.05, 4.69) is 0 Å². The Kier molecular flexibility index (Phi) is 3.98. The van der Waals surface area contributed by atoms with Crippen molar-refractivity contribution >= 4 is 18.1 Å². The first kappa shape index (κ1) is 12.9. The minimum atomic E-state index is -0.914. The lowest BCUT2D eigenvalue weighted by molar-refractivity contribution is 0.0697. The van der Waals surface area contributed by atoms with E-state index in [0.29, 0.717) is 5.56 Å². The maximum Gasteiger partial charge on any atom is 0.335 e. The third-order valence-electron chi connectivity index (χ3n) is 2.72. The normalized spacial score (nSPS) is 10.6. The smallest absolute Gasteiger partial charge is 0.335 e. The van der Waals surface area contributed by atoms with Crippen LogP contribution in [0.1, 0.15) is 21.5 Å². The van der Waals surface area contributed by atoms with Crippen LogP contribution in [0.2, 0.25) is 0 Å². The topological polar surface area (TPSA) is 46.5 Å². The van der Waals surface area contributed by atoms with Crippen LogP contribution in [-0.4, -0.2) is 18.2 Å². The monoisotopic (exact) mass is 254 g/mol. The van der Waals surface area contributed by atoms with Gasteiger partial charge in [0.15, 0.2) is 0 Å². The lowest BCUT2D eigenvalue weighted by atomic mass is 10.1. The van der Waals surface area contributed by atoms with E-state index in [1.165, 1.54) is 0 Å². The van der Waals surface area contributed by atoms with Gasteiger partial charge in [0.2, 0.25) is 0 Å². The summed E-state index contributed by atoms with van der Waals surface area (Å²) in [7, 11) is 1.63. The van der Waals surface area contributed by atoms with Gasteiger partial charge in [0, 0.05) is 0 Å². The van der Waals surface area contributed by atoms with Crippen molar-refractivity contribution in [3.63, 3.8) is 0 Å². The molecule has 0 amide bonds. The first-order valence-electron chi connectivity index (χ1n) is 5.84. The second-order valence-corrected chi connectivity index (χ2v) is 4.04. The van der Waals surface area contributed by atoms with Crippen LogP contribution in [0.5, 0.6) is 5.75 Å². The third-order valence-corrected chi connectivity index (χ3v) is 2.72. The quantitative estimate of drug-likeness (QED) is 0.848. The fraction of sp³-hybridized carbons (Fsp3) is 0.0625. The van der Waals surface area contributed by atoms with E-state index in [1.807, 2.05) is 36.4 Å². The summed E-state index contributed by atoms with van der Waals surface area (Å²) in [6.07, 6.45) is 3.89. The van der Waals surface area contributed by atoms with E-state index >= 15 is 0 Å². The Morgan fingerprint density at radius 2 is 1.74 bits per heavy atom. The van der Waals surface area contributed by atoms with Gasteiger partial charge in [-0.25, -0.2) is 4.79 Å². The molecule has 0 radical (unpaired) electrons. The molecule has 0 heterocycles. The molecule has 19 heavy (non-hydrogen) atoms. The minimum absolute atomic E-state index is 0.290. The third kappa shape index (κ3) is 3.45. The highest BCUT2D eigenvalue weighted by Gasteiger charge is 2.00. The Labute approximate surface area is 111 Å². The fourth-order valence-corrected chi connectivity index (χ4v) is 1.67. The van der Waals surface area contributed by atoms with Gasteiger partial charge in [0.1, 0.15) is 5.75 Å². The highest BCUT2D eigenvalue weighted by molar-refractivity contribution is 5.88. The van der Waals surface area contributed by atoms with Crippen molar-refractivity contribution in [2.24, 2.45) is 0 Å². The molecule has 0 atom stereocenters. The van der Waals surface area contributed by atoms with Crippen LogP contribution in [-0.2, 0) is 0 Å². The van der Waals surface area contributed by atoms with E-state index in [9.17, 15) is 4.79 Å². The molecule has 0 aliphatic carbocycles. The summed E-state index contributed by atoms with van der Waals surface area (Å²) in [4.78, 5) is 10.7. The van der Waals surface area contributed by atoms with Crippen molar-refractivity contribution in [1.82, 2.24) is 0 Å². The Morgan fingerprint density at radius 3 is 2.37 bits per heavy atom. The van der Waals surface area contributed by atoms with Crippen molar-refractivity contribution in [1.29, 1.82) is 0 Å². The number of aromatic carboxylic acids is 1. The first-order valence-corrected chi connectivity index (χ1v) is 5.84. The molecule has 1 N–H and O–H groups in total. The number of ether oxygens (including phenoxy) is 1. The summed E-state index contributed by atoms with van der Waals surface area (Å²) < 4.78 is 5.15. The minimum Gasteiger partial charge on any atom is -0.497 e. The number of rotatable bonds is 4. The Morgan fingerprint density at radius 1 is 1.05 bits per heavy atom. The van der Waals surface area contributed by atoms with Gasteiger partial charge in [-0.05, 0) is 35.4 Å². The highest BCUT2D eigenvalue weighted by atomic mass is 16.5. The Hall–Kier alpha value is -2.55. The number of carboxylic acids is 1. The van der Waals surface area contributed by atoms with E-state index in [4.69, 9.17) is 9.84 Å². The average Bonchev–Trinajstić information content (AvgIpc) is 2.46. The molecule has 0 aliphatic rings. The molecule has 2 aromatic rings. The number of methoxy groups -OCH3 is 1. The Balaban J connectivity index is 2.15. The summed E-state index contributed by atoms with van der Waals surface area (Å²) in [5, 5.41) is 8.81. The molecule has 0 saturated carbocycles. The number of carboxylic acid groups (broad SMARTS) is 1. The summed E-state index contributed by atoms with van der Waals surface area (Å²) >= 11 is 0.